The number of halogens is 1. The van der Waals surface area contributed by atoms with Crippen molar-refractivity contribution in [1.82, 2.24) is 5.32 Å². The van der Waals surface area contributed by atoms with Crippen molar-refractivity contribution in [1.29, 1.82) is 0 Å². The normalized spacial score (nSPS) is 20.9. The molecule has 1 aliphatic rings. The number of carbonyl (C=O) groups excluding carboxylic acids is 1. The van der Waals surface area contributed by atoms with Crippen LogP contribution >= 0.6 is 10.7 Å². The van der Waals surface area contributed by atoms with Crippen molar-refractivity contribution in [3.05, 3.63) is 23.8 Å². The molecule has 1 amide bonds. The number of benzene rings is 1. The van der Waals surface area contributed by atoms with Crippen molar-refractivity contribution in [3.8, 4) is 5.75 Å². The van der Waals surface area contributed by atoms with E-state index in [0.29, 0.717) is 17.2 Å². The van der Waals surface area contributed by atoms with E-state index in [-0.39, 0.29) is 23.3 Å². The SMILES string of the molecule is CCC1CC1NC(=O)Cc1cc(S(=O)(=O)Cl)ccc1OC. The van der Waals surface area contributed by atoms with Crippen molar-refractivity contribution >= 4 is 25.6 Å². The van der Waals surface area contributed by atoms with Gasteiger partial charge in [-0.3, -0.25) is 4.79 Å². The van der Waals surface area contributed by atoms with E-state index in [1.165, 1.54) is 25.3 Å². The molecule has 0 heterocycles. The van der Waals surface area contributed by atoms with Gasteiger partial charge in [-0.1, -0.05) is 13.3 Å². The standard InChI is InChI=1S/C14H18ClNO4S/c1-3-9-7-12(9)16-14(17)8-10-6-11(21(15,18)19)4-5-13(10)20-2/h4-6,9,12H,3,7-8H2,1-2H3,(H,16,17). The van der Waals surface area contributed by atoms with Gasteiger partial charge in [0.1, 0.15) is 5.75 Å². The maximum atomic E-state index is 12.0. The number of hydrogen-bond acceptors (Lipinski definition) is 4. The van der Waals surface area contributed by atoms with Crippen molar-refractivity contribution in [3.63, 3.8) is 0 Å². The Morgan fingerprint density at radius 3 is 2.71 bits per heavy atom. The van der Waals surface area contributed by atoms with Gasteiger partial charge in [0.25, 0.3) is 9.05 Å². The van der Waals surface area contributed by atoms with Crippen molar-refractivity contribution in [2.45, 2.75) is 37.1 Å². The number of hydrogen-bond donors (Lipinski definition) is 1. The molecule has 116 valence electrons. The molecule has 2 unspecified atom stereocenters. The van der Waals surface area contributed by atoms with Gasteiger partial charge < -0.3 is 10.1 Å². The van der Waals surface area contributed by atoms with Gasteiger partial charge in [-0.2, -0.15) is 0 Å². The molecular formula is C14H18ClNO4S. The number of methoxy groups -OCH3 is 1. The predicted octanol–water partition coefficient (Wildman–Crippen LogP) is 2.08. The number of nitrogens with one attached hydrogen (secondary N) is 1. The molecule has 0 saturated heterocycles. The Hall–Kier alpha value is -1.27. The van der Waals surface area contributed by atoms with Crippen LogP contribution in [-0.2, 0) is 20.3 Å². The van der Waals surface area contributed by atoms with Gasteiger partial charge >= 0.3 is 0 Å². The lowest BCUT2D eigenvalue weighted by Gasteiger charge is -2.10. The van der Waals surface area contributed by atoms with Gasteiger partial charge in [0.2, 0.25) is 5.91 Å². The van der Waals surface area contributed by atoms with E-state index < -0.39 is 9.05 Å². The average Bonchev–Trinajstić information content (AvgIpc) is 3.15. The Balaban J connectivity index is 2.12. The third-order valence-electron chi connectivity index (χ3n) is 3.68. The molecule has 2 atom stereocenters. The number of ether oxygens (including phenoxy) is 1. The van der Waals surface area contributed by atoms with Gasteiger partial charge in [0.15, 0.2) is 0 Å². The fourth-order valence-corrected chi connectivity index (χ4v) is 3.15. The van der Waals surface area contributed by atoms with E-state index in [2.05, 4.69) is 12.2 Å². The Morgan fingerprint density at radius 1 is 1.48 bits per heavy atom. The van der Waals surface area contributed by atoms with Crippen LogP contribution in [0, 0.1) is 5.92 Å². The smallest absolute Gasteiger partial charge is 0.261 e. The second-order valence-electron chi connectivity index (χ2n) is 5.17. The molecule has 7 heteroatoms. The Morgan fingerprint density at radius 2 is 2.19 bits per heavy atom. The molecule has 1 aliphatic carbocycles. The summed E-state index contributed by atoms with van der Waals surface area (Å²) in [5.41, 5.74) is 0.505. The molecule has 0 aromatic heterocycles. The van der Waals surface area contributed by atoms with E-state index in [0.717, 1.165) is 12.8 Å². The lowest BCUT2D eigenvalue weighted by Crippen LogP contribution is -2.28. The fraction of sp³-hybridized carbons (Fsp3) is 0.500. The van der Waals surface area contributed by atoms with Crippen molar-refractivity contribution in [2.75, 3.05) is 7.11 Å². The van der Waals surface area contributed by atoms with Gasteiger partial charge in [-0.05, 0) is 30.5 Å². The highest BCUT2D eigenvalue weighted by molar-refractivity contribution is 8.13. The summed E-state index contributed by atoms with van der Waals surface area (Å²) in [6, 6.07) is 4.49. The second kappa shape index (κ2) is 6.23. The first-order valence-corrected chi connectivity index (χ1v) is 9.07. The summed E-state index contributed by atoms with van der Waals surface area (Å²) in [7, 11) is 2.97. The second-order valence-corrected chi connectivity index (χ2v) is 7.73. The van der Waals surface area contributed by atoms with Crippen molar-refractivity contribution in [2.24, 2.45) is 5.92 Å². The summed E-state index contributed by atoms with van der Waals surface area (Å²) in [6.07, 6.45) is 2.13. The third-order valence-corrected chi connectivity index (χ3v) is 5.03. The van der Waals surface area contributed by atoms with Crippen LogP contribution in [0.5, 0.6) is 5.75 Å². The third kappa shape index (κ3) is 4.11. The molecule has 0 radical (unpaired) electrons. The zero-order valence-corrected chi connectivity index (χ0v) is 13.5. The van der Waals surface area contributed by atoms with Crippen LogP contribution in [0.2, 0.25) is 0 Å². The minimum absolute atomic E-state index is 0.0365. The molecule has 1 saturated carbocycles. The molecule has 1 aromatic carbocycles. The number of rotatable bonds is 6. The summed E-state index contributed by atoms with van der Waals surface area (Å²) < 4.78 is 27.9. The van der Waals surface area contributed by atoms with E-state index in [9.17, 15) is 13.2 Å². The van der Waals surface area contributed by atoms with E-state index in [1.807, 2.05) is 0 Å². The van der Waals surface area contributed by atoms with Gasteiger partial charge in [-0.15, -0.1) is 0 Å². The maximum Gasteiger partial charge on any atom is 0.261 e. The summed E-state index contributed by atoms with van der Waals surface area (Å²) in [4.78, 5) is 12.0. The summed E-state index contributed by atoms with van der Waals surface area (Å²) >= 11 is 0. The van der Waals surface area contributed by atoms with Crippen LogP contribution in [-0.4, -0.2) is 27.5 Å². The molecule has 21 heavy (non-hydrogen) atoms. The van der Waals surface area contributed by atoms with E-state index >= 15 is 0 Å². The molecule has 1 fully saturated rings. The lowest BCUT2D eigenvalue weighted by atomic mass is 10.1. The molecule has 0 spiro atoms. The van der Waals surface area contributed by atoms with Crippen LogP contribution in [0.4, 0.5) is 0 Å². The molecule has 2 rings (SSSR count). The summed E-state index contributed by atoms with van der Waals surface area (Å²) in [6.45, 7) is 2.09. The minimum Gasteiger partial charge on any atom is -0.496 e. The number of carbonyl (C=O) groups is 1. The molecule has 1 N–H and O–H groups in total. The Labute approximate surface area is 129 Å². The highest BCUT2D eigenvalue weighted by Crippen LogP contribution is 2.33. The monoisotopic (exact) mass is 331 g/mol. The molecule has 0 bridgehead atoms. The van der Waals surface area contributed by atoms with Gasteiger partial charge in [-0.25, -0.2) is 8.42 Å². The largest absolute Gasteiger partial charge is 0.496 e. The molecule has 5 nitrogen and oxygen atoms in total. The van der Waals surface area contributed by atoms with E-state index in [4.69, 9.17) is 15.4 Å². The first-order valence-electron chi connectivity index (χ1n) is 6.76. The minimum atomic E-state index is -3.82. The van der Waals surface area contributed by atoms with Crippen molar-refractivity contribution < 1.29 is 17.9 Å². The van der Waals surface area contributed by atoms with E-state index in [1.54, 1.807) is 0 Å². The van der Waals surface area contributed by atoms with Crippen LogP contribution < -0.4 is 10.1 Å². The average molecular weight is 332 g/mol. The highest BCUT2D eigenvalue weighted by atomic mass is 35.7. The zero-order valence-electron chi connectivity index (χ0n) is 11.9. The van der Waals surface area contributed by atoms with Gasteiger partial charge in [0, 0.05) is 22.3 Å². The number of amides is 1. The van der Waals surface area contributed by atoms with Crippen LogP contribution in [0.15, 0.2) is 23.1 Å². The maximum absolute atomic E-state index is 12.0. The Kier molecular flexibility index (Phi) is 4.78. The molecular weight excluding hydrogens is 314 g/mol. The summed E-state index contributed by atoms with van der Waals surface area (Å²) in [5, 5.41) is 2.94. The topological polar surface area (TPSA) is 72.5 Å². The molecule has 1 aromatic rings. The van der Waals surface area contributed by atoms with Crippen LogP contribution in [0.25, 0.3) is 0 Å². The quantitative estimate of drug-likeness (QED) is 0.810. The zero-order chi connectivity index (χ0) is 15.6. The lowest BCUT2D eigenvalue weighted by molar-refractivity contribution is -0.120. The highest BCUT2D eigenvalue weighted by Gasteiger charge is 2.36. The van der Waals surface area contributed by atoms with Crippen LogP contribution in [0.3, 0.4) is 0 Å². The summed E-state index contributed by atoms with van der Waals surface area (Å²) in [5.74, 6) is 0.890. The first kappa shape index (κ1) is 16.1. The Bertz CT molecular complexity index is 644. The van der Waals surface area contributed by atoms with Gasteiger partial charge in [0.05, 0.1) is 18.4 Å². The van der Waals surface area contributed by atoms with Crippen LogP contribution in [0.1, 0.15) is 25.3 Å². The first-order chi connectivity index (χ1) is 9.85. The molecule has 0 aliphatic heterocycles. The fourth-order valence-electron chi connectivity index (χ4n) is 2.35. The predicted molar refractivity (Wildman–Crippen MR) is 80.1 cm³/mol.